The zero-order chi connectivity index (χ0) is 42.5. The highest BCUT2D eigenvalue weighted by molar-refractivity contribution is 6.05. The van der Waals surface area contributed by atoms with E-state index < -0.39 is 0 Å². The van der Waals surface area contributed by atoms with E-state index in [1.165, 1.54) is 111 Å². The Labute approximate surface area is 359 Å². The fourth-order valence-corrected chi connectivity index (χ4v) is 9.48. The molecule has 0 N–H and O–H groups in total. The molecule has 2 aliphatic carbocycles. The van der Waals surface area contributed by atoms with Crippen LogP contribution in [0.5, 0.6) is 0 Å². The van der Waals surface area contributed by atoms with Crippen molar-refractivity contribution in [3.8, 4) is 22.3 Å². The van der Waals surface area contributed by atoms with E-state index in [4.69, 9.17) is 0 Å². The molecular weight excluding hydrogens is 723 g/mol. The number of aryl methyl sites for hydroxylation is 7. The minimum atomic E-state index is -0.133. The Kier molecular flexibility index (Phi) is 10.7. The molecule has 0 unspecified atom stereocenters. The van der Waals surface area contributed by atoms with Crippen molar-refractivity contribution in [3.05, 3.63) is 219 Å². The Morgan fingerprint density at radius 3 is 1.22 bits per heavy atom. The number of fused-ring (bicyclic) bond motifs is 8. The van der Waals surface area contributed by atoms with Crippen LogP contribution < -0.4 is 4.90 Å². The molecule has 1 nitrogen and oxygen atoms in total. The first kappa shape index (κ1) is 40.6. The third kappa shape index (κ3) is 7.05. The average molecular weight is 782 g/mol. The van der Waals surface area contributed by atoms with Gasteiger partial charge in [0.05, 0.1) is 0 Å². The number of benzene rings is 8. The molecule has 0 atom stereocenters. The molecule has 8 aromatic carbocycles. The summed E-state index contributed by atoms with van der Waals surface area (Å²) in [6.45, 7) is 24.8. The van der Waals surface area contributed by atoms with Crippen molar-refractivity contribution in [2.45, 2.75) is 87.0 Å². The largest absolute Gasteiger partial charge is 0.310 e. The first-order valence-electron chi connectivity index (χ1n) is 21.5. The van der Waals surface area contributed by atoms with Crippen LogP contribution in [-0.2, 0) is 10.8 Å². The molecule has 0 saturated heterocycles. The predicted molar refractivity (Wildman–Crippen MR) is 260 cm³/mol. The summed E-state index contributed by atoms with van der Waals surface area (Å²) >= 11 is 0. The van der Waals surface area contributed by atoms with Crippen LogP contribution in [0.4, 0.5) is 17.1 Å². The van der Waals surface area contributed by atoms with Crippen LogP contribution in [0.25, 0.3) is 33.0 Å². The maximum absolute atomic E-state index is 2.54. The number of nitrogens with zero attached hydrogens (tertiary/aromatic N) is 1. The Bertz CT molecular complexity index is 2770. The SMILES string of the molecule is Cc1ccccc1C.Cc1ccccc1C.Cc1ccccc1N(c1ccc2c(c1)C(C)(C)c1cc3c(cc1-2)C(C)(C)c1cc(C)c2ccccc2c1-3)c1ccccc1C. The van der Waals surface area contributed by atoms with Crippen LogP contribution in [-0.4, -0.2) is 0 Å². The van der Waals surface area contributed by atoms with E-state index in [1.807, 2.05) is 0 Å². The van der Waals surface area contributed by atoms with Gasteiger partial charge in [-0.05, 0) is 179 Å². The van der Waals surface area contributed by atoms with Gasteiger partial charge in [0.2, 0.25) is 0 Å². The van der Waals surface area contributed by atoms with Crippen LogP contribution in [0.3, 0.4) is 0 Å². The first-order chi connectivity index (χ1) is 28.7. The van der Waals surface area contributed by atoms with Crippen molar-refractivity contribution in [1.29, 1.82) is 0 Å². The lowest BCUT2D eigenvalue weighted by Gasteiger charge is -2.30. The van der Waals surface area contributed by atoms with Crippen molar-refractivity contribution in [2.24, 2.45) is 0 Å². The molecule has 0 radical (unpaired) electrons. The number of anilines is 3. The summed E-state index contributed by atoms with van der Waals surface area (Å²) in [6.07, 6.45) is 0. The molecule has 300 valence electrons. The van der Waals surface area contributed by atoms with Crippen LogP contribution >= 0.6 is 0 Å². The minimum Gasteiger partial charge on any atom is -0.310 e. The van der Waals surface area contributed by atoms with Gasteiger partial charge in [0.15, 0.2) is 0 Å². The summed E-state index contributed by atoms with van der Waals surface area (Å²) in [5.41, 5.74) is 24.1. The molecule has 0 amide bonds. The first-order valence-corrected chi connectivity index (χ1v) is 21.5. The normalized spacial score (nSPS) is 13.5. The molecule has 1 heteroatoms. The summed E-state index contributed by atoms with van der Waals surface area (Å²) in [5, 5.41) is 2.73. The number of hydrogen-bond acceptors (Lipinski definition) is 1. The monoisotopic (exact) mass is 781 g/mol. The van der Waals surface area contributed by atoms with Gasteiger partial charge in [-0.1, -0.05) is 149 Å². The van der Waals surface area contributed by atoms with Crippen molar-refractivity contribution in [3.63, 3.8) is 0 Å². The lowest BCUT2D eigenvalue weighted by Crippen LogP contribution is -2.18. The zero-order valence-electron chi connectivity index (χ0n) is 37.5. The molecule has 8 aromatic rings. The Morgan fingerprint density at radius 1 is 0.317 bits per heavy atom. The second kappa shape index (κ2) is 15.8. The van der Waals surface area contributed by atoms with E-state index in [1.54, 1.807) is 0 Å². The standard InChI is InChI=1S/C43H39N.2C8H10/c1-26-14-8-12-18-39(26)44(40-19-13-9-15-27(40)2)29-20-21-31-33-24-37-34(25-36(33)42(4,5)35(31)23-29)41-32-17-11-10-16-30(32)28(3)22-38(41)43(37,6)7;2*1-7-5-3-4-6-8(7)2/h8-25H,1-7H3;2*3-6H,1-2H3. The second-order valence-corrected chi connectivity index (χ2v) is 18.2. The Hall–Kier alpha value is -6.18. The molecule has 60 heavy (non-hydrogen) atoms. The topological polar surface area (TPSA) is 3.24 Å². The summed E-state index contributed by atoms with van der Waals surface area (Å²) in [4.78, 5) is 2.44. The van der Waals surface area contributed by atoms with Gasteiger partial charge in [-0.3, -0.25) is 0 Å². The molecular formula is C59H59N. The summed E-state index contributed by atoms with van der Waals surface area (Å²) in [6, 6.07) is 57.8. The Balaban J connectivity index is 0.000000260. The van der Waals surface area contributed by atoms with E-state index >= 15 is 0 Å². The van der Waals surface area contributed by atoms with Crippen LogP contribution in [0.2, 0.25) is 0 Å². The molecule has 0 aromatic heterocycles. The van der Waals surface area contributed by atoms with Crippen LogP contribution in [0.15, 0.2) is 158 Å². The molecule has 0 saturated carbocycles. The van der Waals surface area contributed by atoms with Gasteiger partial charge in [0, 0.05) is 27.9 Å². The van der Waals surface area contributed by atoms with Gasteiger partial charge in [0.25, 0.3) is 0 Å². The summed E-state index contributed by atoms with van der Waals surface area (Å²) in [5.74, 6) is 0. The number of rotatable bonds is 3. The molecule has 0 spiro atoms. The van der Waals surface area contributed by atoms with Crippen molar-refractivity contribution in [2.75, 3.05) is 4.90 Å². The van der Waals surface area contributed by atoms with Crippen LogP contribution in [0, 0.1) is 48.5 Å². The van der Waals surface area contributed by atoms with Gasteiger partial charge >= 0.3 is 0 Å². The highest BCUT2D eigenvalue weighted by atomic mass is 15.1. The van der Waals surface area contributed by atoms with Crippen molar-refractivity contribution < 1.29 is 0 Å². The van der Waals surface area contributed by atoms with Crippen molar-refractivity contribution in [1.82, 2.24) is 0 Å². The van der Waals surface area contributed by atoms with Gasteiger partial charge in [-0.25, -0.2) is 0 Å². The zero-order valence-corrected chi connectivity index (χ0v) is 37.5. The van der Waals surface area contributed by atoms with Gasteiger partial charge in [-0.15, -0.1) is 0 Å². The molecule has 2 aliphatic rings. The molecule has 10 rings (SSSR count). The van der Waals surface area contributed by atoms with Crippen LogP contribution in [0.1, 0.15) is 88.9 Å². The van der Waals surface area contributed by atoms with Gasteiger partial charge in [-0.2, -0.15) is 0 Å². The third-order valence-corrected chi connectivity index (χ3v) is 13.5. The van der Waals surface area contributed by atoms with E-state index in [0.717, 1.165) is 0 Å². The van der Waals surface area contributed by atoms with E-state index in [2.05, 4.69) is 239 Å². The fraction of sp³-hybridized carbons (Fsp3) is 0.220. The van der Waals surface area contributed by atoms with Crippen molar-refractivity contribution >= 4 is 27.8 Å². The van der Waals surface area contributed by atoms with Gasteiger partial charge < -0.3 is 4.90 Å². The Morgan fingerprint density at radius 2 is 0.717 bits per heavy atom. The molecule has 0 aliphatic heterocycles. The molecule has 0 heterocycles. The van der Waals surface area contributed by atoms with E-state index in [-0.39, 0.29) is 10.8 Å². The fourth-order valence-electron chi connectivity index (χ4n) is 9.48. The smallest absolute Gasteiger partial charge is 0.0490 e. The van der Waals surface area contributed by atoms with E-state index in [0.29, 0.717) is 0 Å². The predicted octanol–water partition coefficient (Wildman–Crippen LogP) is 16.5. The van der Waals surface area contributed by atoms with Gasteiger partial charge in [0.1, 0.15) is 0 Å². The highest BCUT2D eigenvalue weighted by Gasteiger charge is 2.42. The lowest BCUT2D eigenvalue weighted by molar-refractivity contribution is 0.652. The maximum Gasteiger partial charge on any atom is 0.0490 e. The highest BCUT2D eigenvalue weighted by Crippen LogP contribution is 2.58. The molecule has 0 fully saturated rings. The maximum atomic E-state index is 2.54. The number of hydrogen-bond donors (Lipinski definition) is 0. The van der Waals surface area contributed by atoms with E-state index in [9.17, 15) is 0 Å². The second-order valence-electron chi connectivity index (χ2n) is 18.2. The minimum absolute atomic E-state index is 0.0617. The quantitative estimate of drug-likeness (QED) is 0.173. The summed E-state index contributed by atoms with van der Waals surface area (Å²) < 4.78 is 0. The number of para-hydroxylation sites is 2. The average Bonchev–Trinajstić information content (AvgIpc) is 3.60. The molecule has 0 bridgehead atoms. The third-order valence-electron chi connectivity index (χ3n) is 13.5. The lowest BCUT2D eigenvalue weighted by atomic mass is 9.79. The summed E-state index contributed by atoms with van der Waals surface area (Å²) in [7, 11) is 0.